The molecule has 0 spiro atoms. The monoisotopic (exact) mass is 394 g/mol. The zero-order chi connectivity index (χ0) is 19.7. The average molecular weight is 395 g/mol. The lowest BCUT2D eigenvalue weighted by Gasteiger charge is -2.04. The van der Waals surface area contributed by atoms with Crippen molar-refractivity contribution in [2.45, 2.75) is 167 Å². The van der Waals surface area contributed by atoms with Crippen LogP contribution in [-0.4, -0.2) is 9.52 Å². The van der Waals surface area contributed by atoms with Crippen molar-refractivity contribution in [1.29, 1.82) is 0 Å². The van der Waals surface area contributed by atoms with Crippen LogP contribution >= 0.6 is 0 Å². The van der Waals surface area contributed by atoms with E-state index in [9.17, 15) is 0 Å². The van der Waals surface area contributed by atoms with E-state index in [-0.39, 0.29) is 0 Å². The van der Waals surface area contributed by atoms with Gasteiger partial charge >= 0.3 is 0 Å². The third-order valence-electron chi connectivity index (χ3n) is 5.91. The van der Waals surface area contributed by atoms with Crippen molar-refractivity contribution in [2.75, 3.05) is 0 Å². The number of hydrogen-bond acceptors (Lipinski definition) is 0. The molecular formula is C26H54Si. The van der Waals surface area contributed by atoms with Gasteiger partial charge in [-0.3, -0.25) is 0 Å². The summed E-state index contributed by atoms with van der Waals surface area (Å²) in [5.41, 5.74) is 0. The average Bonchev–Trinajstić information content (AvgIpc) is 2.68. The molecule has 2 radical (unpaired) electrons. The van der Waals surface area contributed by atoms with Gasteiger partial charge in [-0.1, -0.05) is 167 Å². The lowest BCUT2D eigenvalue weighted by Crippen LogP contribution is -1.90. The fourth-order valence-electron chi connectivity index (χ4n) is 3.95. The normalized spacial score (nSPS) is 11.3. The van der Waals surface area contributed by atoms with E-state index < -0.39 is 0 Å². The molecule has 162 valence electrons. The zero-order valence-corrected chi connectivity index (χ0v) is 20.5. The van der Waals surface area contributed by atoms with Gasteiger partial charge in [0, 0.05) is 9.52 Å². The van der Waals surface area contributed by atoms with E-state index in [1.807, 2.05) is 0 Å². The summed E-state index contributed by atoms with van der Waals surface area (Å²) in [6.45, 7) is 4.61. The zero-order valence-electron chi connectivity index (χ0n) is 19.5. The van der Waals surface area contributed by atoms with Crippen LogP contribution in [0, 0.1) is 0 Å². The van der Waals surface area contributed by atoms with Gasteiger partial charge in [0.2, 0.25) is 0 Å². The first kappa shape index (κ1) is 27.2. The molecule has 0 amide bonds. The maximum Gasteiger partial charge on any atom is 0.0378 e. The van der Waals surface area contributed by atoms with Crippen LogP contribution in [0.3, 0.4) is 0 Å². The van der Waals surface area contributed by atoms with Gasteiger partial charge in [0.05, 0.1) is 0 Å². The molecule has 0 bridgehead atoms. The fourth-order valence-corrected chi connectivity index (χ4v) is 5.20. The Labute approximate surface area is 176 Å². The third kappa shape index (κ3) is 26.2. The van der Waals surface area contributed by atoms with Crippen molar-refractivity contribution in [3.8, 4) is 0 Å². The number of unbranched alkanes of at least 4 members (excludes halogenated alkanes) is 20. The largest absolute Gasteiger partial charge is 0.0654 e. The summed E-state index contributed by atoms with van der Waals surface area (Å²) in [5.74, 6) is 0. The molecule has 0 unspecified atom stereocenters. The fraction of sp³-hybridized carbons (Fsp3) is 1.00. The van der Waals surface area contributed by atoms with Crippen LogP contribution < -0.4 is 0 Å². The molecule has 27 heavy (non-hydrogen) atoms. The van der Waals surface area contributed by atoms with E-state index >= 15 is 0 Å². The first-order valence-electron chi connectivity index (χ1n) is 13.1. The van der Waals surface area contributed by atoms with Gasteiger partial charge < -0.3 is 0 Å². The Morgan fingerprint density at radius 3 is 0.778 bits per heavy atom. The second-order valence-corrected chi connectivity index (χ2v) is 10.3. The quantitative estimate of drug-likeness (QED) is 0.113. The summed E-state index contributed by atoms with van der Waals surface area (Å²) in [5, 5.41) is 0. The topological polar surface area (TPSA) is 0 Å². The highest BCUT2D eigenvalue weighted by molar-refractivity contribution is 6.35. The standard InChI is InChI=1S/C26H54Si/c1-3-5-7-9-11-13-15-17-19-21-23-25-27-26-24-22-20-18-16-14-12-10-8-6-4-2/h3-26H2,1-2H3. The Balaban J connectivity index is 2.95. The van der Waals surface area contributed by atoms with Crippen molar-refractivity contribution in [3.05, 3.63) is 0 Å². The summed E-state index contributed by atoms with van der Waals surface area (Å²) in [7, 11) is 1.26. The summed E-state index contributed by atoms with van der Waals surface area (Å²) >= 11 is 0. The molecule has 0 aromatic heterocycles. The minimum atomic E-state index is 1.26. The van der Waals surface area contributed by atoms with Crippen LogP contribution in [0.2, 0.25) is 12.1 Å². The van der Waals surface area contributed by atoms with Crippen LogP contribution in [0.1, 0.15) is 155 Å². The van der Waals surface area contributed by atoms with E-state index in [0.717, 1.165) is 0 Å². The highest BCUT2D eigenvalue weighted by Crippen LogP contribution is 2.14. The second-order valence-electron chi connectivity index (χ2n) is 8.82. The predicted molar refractivity (Wildman–Crippen MR) is 128 cm³/mol. The molecule has 0 N–H and O–H groups in total. The molecule has 0 aromatic rings. The van der Waals surface area contributed by atoms with E-state index in [2.05, 4.69) is 13.8 Å². The summed E-state index contributed by atoms with van der Waals surface area (Å²) < 4.78 is 0. The van der Waals surface area contributed by atoms with E-state index in [4.69, 9.17) is 0 Å². The lowest BCUT2D eigenvalue weighted by molar-refractivity contribution is 0.552. The van der Waals surface area contributed by atoms with Gasteiger partial charge in [0.25, 0.3) is 0 Å². The van der Waals surface area contributed by atoms with E-state index in [1.165, 1.54) is 163 Å². The number of hydrogen-bond donors (Lipinski definition) is 0. The third-order valence-corrected chi connectivity index (χ3v) is 7.33. The highest BCUT2D eigenvalue weighted by atomic mass is 28.2. The van der Waals surface area contributed by atoms with Gasteiger partial charge in [-0.25, -0.2) is 0 Å². The molecule has 0 aromatic carbocycles. The maximum absolute atomic E-state index is 2.30. The first-order chi connectivity index (χ1) is 13.4. The predicted octanol–water partition coefficient (Wildman–Crippen LogP) is 10.1. The molecule has 0 saturated carbocycles. The summed E-state index contributed by atoms with van der Waals surface area (Å²) in [4.78, 5) is 0. The molecular weight excluding hydrogens is 340 g/mol. The van der Waals surface area contributed by atoms with E-state index in [1.54, 1.807) is 0 Å². The van der Waals surface area contributed by atoms with Crippen molar-refractivity contribution < 1.29 is 0 Å². The summed E-state index contributed by atoms with van der Waals surface area (Å²) in [6.07, 6.45) is 32.5. The molecule has 0 nitrogen and oxygen atoms in total. The van der Waals surface area contributed by atoms with Gasteiger partial charge in [-0.05, 0) is 0 Å². The molecule has 0 aliphatic carbocycles. The van der Waals surface area contributed by atoms with Crippen LogP contribution in [-0.2, 0) is 0 Å². The van der Waals surface area contributed by atoms with Crippen LogP contribution in [0.4, 0.5) is 0 Å². The molecule has 0 atom stereocenters. The molecule has 0 aliphatic rings. The van der Waals surface area contributed by atoms with Gasteiger partial charge in [0.15, 0.2) is 0 Å². The molecule has 0 heterocycles. The Bertz CT molecular complexity index is 214. The van der Waals surface area contributed by atoms with E-state index in [0.29, 0.717) is 0 Å². The molecule has 1 heteroatoms. The van der Waals surface area contributed by atoms with Crippen molar-refractivity contribution in [3.63, 3.8) is 0 Å². The van der Waals surface area contributed by atoms with Crippen molar-refractivity contribution in [1.82, 2.24) is 0 Å². The Hall–Kier alpha value is 0.217. The first-order valence-corrected chi connectivity index (χ1v) is 14.5. The molecule has 0 fully saturated rings. The van der Waals surface area contributed by atoms with Crippen molar-refractivity contribution >= 4 is 9.52 Å². The molecule has 0 saturated heterocycles. The Morgan fingerprint density at radius 2 is 0.519 bits per heavy atom. The minimum absolute atomic E-state index is 1.26. The second kappa shape index (κ2) is 26.2. The Morgan fingerprint density at radius 1 is 0.296 bits per heavy atom. The maximum atomic E-state index is 2.30. The molecule has 0 rings (SSSR count). The smallest absolute Gasteiger partial charge is 0.0378 e. The number of rotatable bonds is 24. The van der Waals surface area contributed by atoms with Gasteiger partial charge in [-0.15, -0.1) is 0 Å². The lowest BCUT2D eigenvalue weighted by atomic mass is 10.1. The van der Waals surface area contributed by atoms with Crippen LogP contribution in [0.5, 0.6) is 0 Å². The summed E-state index contributed by atoms with van der Waals surface area (Å²) in [6, 6.07) is 3.05. The van der Waals surface area contributed by atoms with Crippen LogP contribution in [0.25, 0.3) is 0 Å². The van der Waals surface area contributed by atoms with Gasteiger partial charge in [0.1, 0.15) is 0 Å². The SMILES string of the molecule is CCCCCCCCCCCCC[Si]CCCCCCCCCCCCC. The van der Waals surface area contributed by atoms with Crippen LogP contribution in [0.15, 0.2) is 0 Å². The minimum Gasteiger partial charge on any atom is -0.0654 e. The highest BCUT2D eigenvalue weighted by Gasteiger charge is 1.96. The molecule has 0 aliphatic heterocycles. The van der Waals surface area contributed by atoms with Crippen molar-refractivity contribution in [2.24, 2.45) is 0 Å². The Kier molecular flexibility index (Phi) is 26.4. The van der Waals surface area contributed by atoms with Gasteiger partial charge in [-0.2, -0.15) is 0 Å².